The number of hydrogen-bond acceptors (Lipinski definition) is 3. The van der Waals surface area contributed by atoms with Crippen LogP contribution in [0.1, 0.15) is 35.4 Å². The number of rotatable bonds is 4. The van der Waals surface area contributed by atoms with E-state index in [2.05, 4.69) is 10.2 Å². The molecule has 98 valence electrons. The van der Waals surface area contributed by atoms with Crippen molar-refractivity contribution in [2.75, 3.05) is 19.6 Å². The molecule has 0 bridgehead atoms. The maximum absolute atomic E-state index is 12.5. The van der Waals surface area contributed by atoms with Gasteiger partial charge in [0.1, 0.15) is 0 Å². The molecule has 3 rings (SSSR count). The predicted molar refractivity (Wildman–Crippen MR) is 74.0 cm³/mol. The molecule has 2 aliphatic rings. The Morgan fingerprint density at radius 2 is 2.11 bits per heavy atom. The Labute approximate surface area is 112 Å². The van der Waals surface area contributed by atoms with Crippen LogP contribution >= 0.6 is 11.3 Å². The number of amides is 1. The number of nitrogens with one attached hydrogen (secondary N) is 1. The van der Waals surface area contributed by atoms with Crippen molar-refractivity contribution in [1.29, 1.82) is 0 Å². The van der Waals surface area contributed by atoms with Gasteiger partial charge in [-0.3, -0.25) is 4.79 Å². The summed E-state index contributed by atoms with van der Waals surface area (Å²) in [4.78, 5) is 15.5. The number of piperidine rings is 1. The van der Waals surface area contributed by atoms with Crippen molar-refractivity contribution in [2.24, 2.45) is 5.92 Å². The Bertz CT molecular complexity index is 394. The molecule has 1 aromatic heterocycles. The van der Waals surface area contributed by atoms with Crippen molar-refractivity contribution in [1.82, 2.24) is 10.2 Å². The Morgan fingerprint density at radius 1 is 1.33 bits per heavy atom. The zero-order chi connectivity index (χ0) is 12.4. The maximum atomic E-state index is 12.5. The number of carbonyl (C=O) groups is 1. The predicted octanol–water partition coefficient (Wildman–Crippen LogP) is 2.35. The van der Waals surface area contributed by atoms with Gasteiger partial charge < -0.3 is 10.2 Å². The maximum Gasteiger partial charge on any atom is 0.264 e. The lowest BCUT2D eigenvalue weighted by Gasteiger charge is -2.30. The molecule has 18 heavy (non-hydrogen) atoms. The third-order valence-electron chi connectivity index (χ3n) is 3.89. The normalized spacial score (nSPS) is 20.9. The first-order valence-corrected chi connectivity index (χ1v) is 7.78. The molecule has 1 saturated carbocycles. The lowest BCUT2D eigenvalue weighted by Crippen LogP contribution is -2.40. The van der Waals surface area contributed by atoms with E-state index in [-0.39, 0.29) is 5.91 Å². The minimum absolute atomic E-state index is 0.256. The van der Waals surface area contributed by atoms with E-state index >= 15 is 0 Å². The van der Waals surface area contributed by atoms with Gasteiger partial charge in [0.15, 0.2) is 0 Å². The summed E-state index contributed by atoms with van der Waals surface area (Å²) in [7, 11) is 0. The smallest absolute Gasteiger partial charge is 0.264 e. The molecule has 1 amide bonds. The van der Waals surface area contributed by atoms with E-state index in [1.165, 1.54) is 25.7 Å². The summed E-state index contributed by atoms with van der Waals surface area (Å²) in [5.41, 5.74) is 0. The third kappa shape index (κ3) is 2.75. The molecule has 1 N–H and O–H groups in total. The van der Waals surface area contributed by atoms with Crippen LogP contribution in [0, 0.1) is 5.92 Å². The number of hydrogen-bond donors (Lipinski definition) is 1. The Morgan fingerprint density at radius 3 is 2.72 bits per heavy atom. The molecule has 0 atom stereocenters. The van der Waals surface area contributed by atoms with Crippen molar-refractivity contribution in [3.8, 4) is 0 Å². The van der Waals surface area contributed by atoms with Crippen LogP contribution in [0.2, 0.25) is 0 Å². The molecule has 0 spiro atoms. The van der Waals surface area contributed by atoms with E-state index < -0.39 is 0 Å². The van der Waals surface area contributed by atoms with Crippen LogP contribution in [-0.2, 0) is 0 Å². The Balaban J connectivity index is 1.66. The van der Waals surface area contributed by atoms with Crippen molar-refractivity contribution in [3.63, 3.8) is 0 Å². The molecule has 1 saturated heterocycles. The minimum Gasteiger partial charge on any atom is -0.335 e. The van der Waals surface area contributed by atoms with Gasteiger partial charge in [-0.15, -0.1) is 11.3 Å². The molecule has 0 radical (unpaired) electrons. The van der Waals surface area contributed by atoms with Crippen LogP contribution < -0.4 is 5.32 Å². The van der Waals surface area contributed by atoms with Crippen molar-refractivity contribution in [2.45, 2.75) is 31.7 Å². The zero-order valence-electron chi connectivity index (χ0n) is 10.6. The highest BCUT2D eigenvalue weighted by Crippen LogP contribution is 2.31. The fourth-order valence-corrected chi connectivity index (χ4v) is 3.35. The van der Waals surface area contributed by atoms with Gasteiger partial charge in [0.2, 0.25) is 0 Å². The standard InChI is InChI=1S/C14H20N2OS/c17-14(13-2-1-9-18-13)16(12-3-4-12)10-11-5-7-15-8-6-11/h1-2,9,11-12,15H,3-8,10H2. The molecule has 1 aliphatic heterocycles. The first-order chi connectivity index (χ1) is 8.84. The molecule has 1 aromatic rings. The number of nitrogens with zero attached hydrogens (tertiary/aromatic N) is 1. The molecule has 3 nitrogen and oxygen atoms in total. The highest BCUT2D eigenvalue weighted by atomic mass is 32.1. The second-order valence-electron chi connectivity index (χ2n) is 5.36. The zero-order valence-corrected chi connectivity index (χ0v) is 11.4. The first-order valence-electron chi connectivity index (χ1n) is 6.90. The average Bonchev–Trinajstić information content (AvgIpc) is 3.10. The summed E-state index contributed by atoms with van der Waals surface area (Å²) < 4.78 is 0. The van der Waals surface area contributed by atoms with Gasteiger partial charge in [0.05, 0.1) is 4.88 Å². The second kappa shape index (κ2) is 5.41. The van der Waals surface area contributed by atoms with Crippen molar-refractivity contribution < 1.29 is 4.79 Å². The third-order valence-corrected chi connectivity index (χ3v) is 4.75. The number of thiophene rings is 1. The van der Waals surface area contributed by atoms with E-state index in [1.807, 2.05) is 17.5 Å². The molecular formula is C14H20N2OS. The molecule has 4 heteroatoms. The van der Waals surface area contributed by atoms with E-state index in [9.17, 15) is 4.79 Å². The van der Waals surface area contributed by atoms with Gasteiger partial charge in [-0.25, -0.2) is 0 Å². The molecule has 1 aliphatic carbocycles. The van der Waals surface area contributed by atoms with E-state index in [0.717, 1.165) is 24.5 Å². The monoisotopic (exact) mass is 264 g/mol. The Hall–Kier alpha value is -0.870. The van der Waals surface area contributed by atoms with Gasteiger partial charge in [-0.05, 0) is 56.1 Å². The van der Waals surface area contributed by atoms with Crippen molar-refractivity contribution >= 4 is 17.2 Å². The molecule has 2 fully saturated rings. The van der Waals surface area contributed by atoms with Crippen LogP contribution in [0.5, 0.6) is 0 Å². The summed E-state index contributed by atoms with van der Waals surface area (Å²) in [5.74, 6) is 0.946. The van der Waals surface area contributed by atoms with Crippen molar-refractivity contribution in [3.05, 3.63) is 22.4 Å². The molecule has 0 unspecified atom stereocenters. The first kappa shape index (κ1) is 12.2. The molecule has 0 aromatic carbocycles. The average molecular weight is 264 g/mol. The summed E-state index contributed by atoms with van der Waals surface area (Å²) in [6.45, 7) is 3.18. The summed E-state index contributed by atoms with van der Waals surface area (Å²) >= 11 is 1.56. The SMILES string of the molecule is O=C(c1cccs1)N(CC1CCNCC1)C1CC1. The van der Waals surface area contributed by atoms with Gasteiger partial charge in [0.25, 0.3) is 5.91 Å². The highest BCUT2D eigenvalue weighted by Gasteiger charge is 2.34. The van der Waals surface area contributed by atoms with Gasteiger partial charge in [-0.2, -0.15) is 0 Å². The highest BCUT2D eigenvalue weighted by molar-refractivity contribution is 7.12. The van der Waals surface area contributed by atoms with E-state index in [1.54, 1.807) is 11.3 Å². The van der Waals surface area contributed by atoms with Gasteiger partial charge in [0, 0.05) is 12.6 Å². The fraction of sp³-hybridized carbons (Fsp3) is 0.643. The topological polar surface area (TPSA) is 32.3 Å². The van der Waals surface area contributed by atoms with Crippen LogP contribution in [0.15, 0.2) is 17.5 Å². The van der Waals surface area contributed by atoms with E-state index in [0.29, 0.717) is 12.0 Å². The summed E-state index contributed by atoms with van der Waals surface area (Å²) in [6, 6.07) is 4.44. The molecular weight excluding hydrogens is 244 g/mol. The van der Waals surface area contributed by atoms with Gasteiger partial charge >= 0.3 is 0 Å². The lowest BCUT2D eigenvalue weighted by molar-refractivity contribution is 0.0706. The van der Waals surface area contributed by atoms with Crippen LogP contribution in [0.3, 0.4) is 0 Å². The van der Waals surface area contributed by atoms with E-state index in [4.69, 9.17) is 0 Å². The largest absolute Gasteiger partial charge is 0.335 e. The summed E-state index contributed by atoms with van der Waals surface area (Å²) in [6.07, 6.45) is 4.81. The second-order valence-corrected chi connectivity index (χ2v) is 6.31. The van der Waals surface area contributed by atoms with Crippen LogP contribution in [-0.4, -0.2) is 36.5 Å². The van der Waals surface area contributed by atoms with Crippen LogP contribution in [0.4, 0.5) is 0 Å². The number of carbonyl (C=O) groups excluding carboxylic acids is 1. The quantitative estimate of drug-likeness (QED) is 0.905. The minimum atomic E-state index is 0.256. The molecule has 2 heterocycles. The lowest BCUT2D eigenvalue weighted by atomic mass is 9.97. The fourth-order valence-electron chi connectivity index (χ4n) is 2.67. The van der Waals surface area contributed by atoms with Crippen LogP contribution in [0.25, 0.3) is 0 Å². The van der Waals surface area contributed by atoms with Gasteiger partial charge in [-0.1, -0.05) is 6.07 Å². The Kier molecular flexibility index (Phi) is 3.66. The summed E-state index contributed by atoms with van der Waals surface area (Å²) in [5, 5.41) is 5.38.